The third-order valence-corrected chi connectivity index (χ3v) is 10.8. The van der Waals surface area contributed by atoms with Crippen molar-refractivity contribution < 1.29 is 42.5 Å². The summed E-state index contributed by atoms with van der Waals surface area (Å²) in [5.74, 6) is -0.933. The molecule has 4 aromatic carbocycles. The predicted molar refractivity (Wildman–Crippen MR) is 207 cm³/mol. The minimum atomic E-state index is -2.23. The van der Waals surface area contributed by atoms with Crippen molar-refractivity contribution >= 4 is 17.0 Å². The number of aliphatic hydroxyl groups is 1. The molecule has 5 rings (SSSR count). The molecule has 1 saturated heterocycles. The van der Waals surface area contributed by atoms with Crippen LogP contribution in [0, 0.1) is 0 Å². The van der Waals surface area contributed by atoms with Crippen molar-refractivity contribution in [3.8, 4) is 0 Å². The van der Waals surface area contributed by atoms with Gasteiger partial charge in [-0.3, -0.25) is 0 Å². The Bertz CT molecular complexity index is 1720. The summed E-state index contributed by atoms with van der Waals surface area (Å²) in [4.78, 5) is 13.4. The highest BCUT2D eigenvalue weighted by Crippen LogP contribution is 2.35. The fraction of sp³-hybridized carbons (Fsp3) is 0.419. The second-order valence-corrected chi connectivity index (χ2v) is 16.5. The Hall–Kier alpha value is -3.78. The van der Waals surface area contributed by atoms with E-state index in [1.807, 2.05) is 121 Å². The Morgan fingerprint density at radius 1 is 0.685 bits per heavy atom. The van der Waals surface area contributed by atoms with Gasteiger partial charge < -0.3 is 33.5 Å². The molecule has 2 N–H and O–H groups in total. The maximum absolute atomic E-state index is 13.8. The minimum absolute atomic E-state index is 0.0664. The van der Waals surface area contributed by atoms with Gasteiger partial charge in [-0.1, -0.05) is 121 Å². The zero-order chi connectivity index (χ0) is 38.6. The summed E-state index contributed by atoms with van der Waals surface area (Å²) in [6, 6.07) is 37.7. The van der Waals surface area contributed by atoms with Gasteiger partial charge in [-0.05, 0) is 49.9 Å². The lowest BCUT2D eigenvalue weighted by atomic mass is 9.84. The van der Waals surface area contributed by atoms with Crippen molar-refractivity contribution in [2.45, 2.75) is 101 Å². The normalized spacial score (nSPS) is 22.5. The average Bonchev–Trinajstić information content (AvgIpc) is 3.18. The smallest absolute Gasteiger partial charge is 0.339 e. The first kappa shape index (κ1) is 41.4. The fourth-order valence-electron chi connectivity index (χ4n) is 6.22. The van der Waals surface area contributed by atoms with Gasteiger partial charge >= 0.3 is 5.97 Å². The molecule has 54 heavy (non-hydrogen) atoms. The molecule has 1 fully saturated rings. The Balaban J connectivity index is 1.60. The largest absolute Gasteiger partial charge is 0.467 e. The summed E-state index contributed by atoms with van der Waals surface area (Å²) in [5, 5.41) is 12.0. The molecule has 1 heterocycles. The Labute approximate surface area is 321 Å². The standard InChI is InChI=1S/C43H53NO9S/c1-42(2,3)54(47)44-40(43(4,46)41(45)48-5)39-38(52-29-34-24-16-9-17-25-34)37(51-28-33-22-14-8-15-23-33)36(50-27-32-20-12-7-13-21-32)35(53-39)30-49-26-31-18-10-6-11-19-31/h6-25,35-40,44,46H,26-30H2,1-5H3/t35-,36+,37+,38-,39-,40-,43-,54+/m1/s1. The van der Waals surface area contributed by atoms with Crippen LogP contribution < -0.4 is 4.72 Å². The zero-order valence-electron chi connectivity index (χ0n) is 31.7. The molecule has 8 atom stereocenters. The van der Waals surface area contributed by atoms with E-state index in [1.54, 1.807) is 20.8 Å². The molecule has 1 aliphatic rings. The first-order valence-electron chi connectivity index (χ1n) is 18.2. The molecule has 0 spiro atoms. The van der Waals surface area contributed by atoms with Crippen LogP contribution in [0.3, 0.4) is 0 Å². The van der Waals surface area contributed by atoms with Gasteiger partial charge in [-0.25, -0.2) is 13.7 Å². The molecule has 290 valence electrons. The van der Waals surface area contributed by atoms with E-state index in [2.05, 4.69) is 4.72 Å². The van der Waals surface area contributed by atoms with Crippen molar-refractivity contribution in [3.63, 3.8) is 0 Å². The van der Waals surface area contributed by atoms with Crippen molar-refractivity contribution in [1.82, 2.24) is 4.72 Å². The van der Waals surface area contributed by atoms with Gasteiger partial charge in [0.2, 0.25) is 0 Å². The van der Waals surface area contributed by atoms with Crippen LogP contribution in [0.25, 0.3) is 0 Å². The quantitative estimate of drug-likeness (QED) is 0.117. The van der Waals surface area contributed by atoms with E-state index in [0.717, 1.165) is 22.3 Å². The van der Waals surface area contributed by atoms with Crippen LogP contribution in [0.4, 0.5) is 0 Å². The van der Waals surface area contributed by atoms with Crippen LogP contribution in [0.5, 0.6) is 0 Å². The monoisotopic (exact) mass is 759 g/mol. The zero-order valence-corrected chi connectivity index (χ0v) is 32.5. The summed E-state index contributed by atoms with van der Waals surface area (Å²) in [6.45, 7) is 7.67. The van der Waals surface area contributed by atoms with Crippen molar-refractivity contribution in [1.29, 1.82) is 0 Å². The molecule has 4 aromatic rings. The molecule has 0 amide bonds. The lowest BCUT2D eigenvalue weighted by Gasteiger charge is -2.50. The molecule has 0 unspecified atom stereocenters. The summed E-state index contributed by atoms with van der Waals surface area (Å²) >= 11 is 0. The summed E-state index contributed by atoms with van der Waals surface area (Å²) < 4.78 is 54.8. The van der Waals surface area contributed by atoms with Gasteiger partial charge in [0.05, 0.1) is 61.9 Å². The number of rotatable bonds is 18. The average molecular weight is 760 g/mol. The maximum atomic E-state index is 13.8. The van der Waals surface area contributed by atoms with E-state index in [-0.39, 0.29) is 26.4 Å². The van der Waals surface area contributed by atoms with Crippen LogP contribution in [0.15, 0.2) is 121 Å². The number of benzene rings is 4. The molecular formula is C43H53NO9S. The van der Waals surface area contributed by atoms with Crippen LogP contribution in [-0.4, -0.2) is 75.9 Å². The highest BCUT2D eigenvalue weighted by molar-refractivity contribution is 7.84. The van der Waals surface area contributed by atoms with Crippen LogP contribution >= 0.6 is 0 Å². The molecule has 0 aliphatic carbocycles. The summed E-state index contributed by atoms with van der Waals surface area (Å²) in [6.07, 6.45) is -4.47. The number of hydrogen-bond donors (Lipinski definition) is 2. The first-order valence-corrected chi connectivity index (χ1v) is 19.3. The van der Waals surface area contributed by atoms with Gasteiger partial charge in [0, 0.05) is 0 Å². The van der Waals surface area contributed by atoms with Gasteiger partial charge in [0.15, 0.2) is 5.60 Å². The fourth-order valence-corrected chi connectivity index (χ4v) is 7.17. The number of nitrogens with one attached hydrogen (secondary N) is 1. The van der Waals surface area contributed by atoms with Crippen LogP contribution in [0.1, 0.15) is 49.9 Å². The van der Waals surface area contributed by atoms with E-state index in [0.29, 0.717) is 6.61 Å². The van der Waals surface area contributed by atoms with Gasteiger partial charge in [0.1, 0.15) is 30.5 Å². The third-order valence-electron chi connectivity index (χ3n) is 9.24. The molecule has 1 aliphatic heterocycles. The molecular weight excluding hydrogens is 707 g/mol. The van der Waals surface area contributed by atoms with E-state index < -0.39 is 63.9 Å². The van der Waals surface area contributed by atoms with E-state index >= 15 is 0 Å². The SMILES string of the molecule is COC(=O)[C@](C)(O)[C@H](N[S@@](=O)C(C)(C)C)[C@@H]1O[C@H](COCc2ccccc2)[C@H](OCc2ccccc2)[C@H](OCc2ccccc2)[C@H]1OCc1ccccc1. The van der Waals surface area contributed by atoms with Gasteiger partial charge in [0.25, 0.3) is 0 Å². The lowest BCUT2D eigenvalue weighted by Crippen LogP contribution is -2.71. The third kappa shape index (κ3) is 11.4. The second-order valence-electron chi connectivity index (χ2n) is 14.5. The number of hydrogen-bond acceptors (Lipinski definition) is 9. The van der Waals surface area contributed by atoms with Crippen molar-refractivity contribution in [2.75, 3.05) is 13.7 Å². The van der Waals surface area contributed by atoms with E-state index in [9.17, 15) is 14.1 Å². The Morgan fingerprint density at radius 3 is 1.52 bits per heavy atom. The number of carbonyl (C=O) groups excluding carboxylic acids is 1. The number of esters is 1. The molecule has 0 radical (unpaired) electrons. The number of ether oxygens (including phenoxy) is 6. The Morgan fingerprint density at radius 2 is 1.09 bits per heavy atom. The van der Waals surface area contributed by atoms with Crippen molar-refractivity contribution in [2.24, 2.45) is 0 Å². The molecule has 10 nitrogen and oxygen atoms in total. The summed E-state index contributed by atoms with van der Waals surface area (Å²) in [5.41, 5.74) is 1.50. The van der Waals surface area contributed by atoms with E-state index in [1.165, 1.54) is 14.0 Å². The predicted octanol–water partition coefficient (Wildman–Crippen LogP) is 6.07. The first-order chi connectivity index (χ1) is 26.0. The summed E-state index contributed by atoms with van der Waals surface area (Å²) in [7, 11) is -0.575. The van der Waals surface area contributed by atoms with E-state index in [4.69, 9.17) is 28.4 Å². The van der Waals surface area contributed by atoms with Gasteiger partial charge in [-0.15, -0.1) is 0 Å². The highest BCUT2D eigenvalue weighted by Gasteiger charge is 2.57. The Kier molecular flexibility index (Phi) is 15.1. The number of methoxy groups -OCH3 is 1. The number of carbonyl (C=O) groups is 1. The highest BCUT2D eigenvalue weighted by atomic mass is 32.2. The minimum Gasteiger partial charge on any atom is -0.467 e. The maximum Gasteiger partial charge on any atom is 0.339 e. The molecule has 0 bridgehead atoms. The lowest BCUT2D eigenvalue weighted by molar-refractivity contribution is -0.283. The van der Waals surface area contributed by atoms with Crippen LogP contribution in [0.2, 0.25) is 0 Å². The molecule has 11 heteroatoms. The molecule has 0 saturated carbocycles. The second kappa shape index (κ2) is 19.7. The molecule has 0 aromatic heterocycles. The topological polar surface area (TPSA) is 122 Å². The van der Waals surface area contributed by atoms with Gasteiger partial charge in [-0.2, -0.15) is 0 Å². The van der Waals surface area contributed by atoms with Crippen LogP contribution in [-0.2, 0) is 70.6 Å². The van der Waals surface area contributed by atoms with Crippen molar-refractivity contribution in [3.05, 3.63) is 144 Å².